The van der Waals surface area contributed by atoms with E-state index in [0.29, 0.717) is 17.0 Å². The van der Waals surface area contributed by atoms with Gasteiger partial charge in [0, 0.05) is 18.6 Å². The van der Waals surface area contributed by atoms with E-state index in [1.54, 1.807) is 0 Å². The van der Waals surface area contributed by atoms with Gasteiger partial charge in [-0.2, -0.15) is 10.4 Å². The summed E-state index contributed by atoms with van der Waals surface area (Å²) in [6, 6.07) is 2.00. The molecule has 0 bridgehead atoms. The molecule has 0 N–H and O–H groups in total. The number of aromatic nitrogens is 4. The highest BCUT2D eigenvalue weighted by molar-refractivity contribution is 5.61. The van der Waals surface area contributed by atoms with E-state index >= 15 is 0 Å². The highest BCUT2D eigenvalue weighted by Crippen LogP contribution is 2.17. The van der Waals surface area contributed by atoms with Crippen LogP contribution in [0.2, 0.25) is 0 Å². The molecule has 2 heterocycles. The lowest BCUT2D eigenvalue weighted by Gasteiger charge is -1.95. The molecule has 2 aromatic rings. The zero-order chi connectivity index (χ0) is 11.4. The molecule has 0 unspecified atom stereocenters. The van der Waals surface area contributed by atoms with Gasteiger partial charge in [0.05, 0.1) is 18.3 Å². The van der Waals surface area contributed by atoms with Crippen molar-refractivity contribution in [2.45, 2.75) is 6.54 Å². The summed E-state index contributed by atoms with van der Waals surface area (Å²) in [7, 11) is 0. The van der Waals surface area contributed by atoms with E-state index in [2.05, 4.69) is 15.1 Å². The summed E-state index contributed by atoms with van der Waals surface area (Å²) < 4.78 is 13.5. The third-order valence-electron chi connectivity index (χ3n) is 2.00. The van der Waals surface area contributed by atoms with E-state index in [0.717, 1.165) is 0 Å². The normalized spacial score (nSPS) is 10.0. The maximum Gasteiger partial charge on any atom is 0.130 e. The molecular weight excluding hydrogens is 209 g/mol. The minimum atomic E-state index is -0.521. The van der Waals surface area contributed by atoms with Crippen LogP contribution in [0.4, 0.5) is 4.39 Å². The smallest absolute Gasteiger partial charge is 0.130 e. The zero-order valence-corrected chi connectivity index (χ0v) is 8.34. The lowest BCUT2D eigenvalue weighted by atomic mass is 10.2. The largest absolute Gasteiger partial charge is 0.268 e. The molecule has 0 fully saturated rings. The second-order valence-electron chi connectivity index (χ2n) is 3.05. The van der Waals surface area contributed by atoms with Crippen molar-refractivity contribution in [1.29, 1.82) is 5.26 Å². The first-order valence-electron chi connectivity index (χ1n) is 4.65. The molecule has 80 valence electrons. The summed E-state index contributed by atoms with van der Waals surface area (Å²) in [5.41, 5.74) is 1.31. The van der Waals surface area contributed by atoms with Crippen LogP contribution in [0.3, 0.4) is 0 Å². The fraction of sp³-hybridized carbons (Fsp3) is 0.200. The number of hydrogen-bond acceptors (Lipinski definition) is 4. The standard InChI is InChI=1S/C10H8FN5/c11-1-4-16-7-8(5-12)10(15-16)9-6-13-2-3-14-9/h2-3,6-7H,1,4H2. The zero-order valence-electron chi connectivity index (χ0n) is 8.34. The van der Waals surface area contributed by atoms with Crippen LogP contribution in [0.15, 0.2) is 24.8 Å². The quantitative estimate of drug-likeness (QED) is 0.774. The first kappa shape index (κ1) is 10.2. The summed E-state index contributed by atoms with van der Waals surface area (Å²) in [4.78, 5) is 7.94. The van der Waals surface area contributed by atoms with E-state index in [4.69, 9.17) is 5.26 Å². The minimum absolute atomic E-state index is 0.134. The van der Waals surface area contributed by atoms with Crippen molar-refractivity contribution in [3.63, 3.8) is 0 Å². The Morgan fingerprint density at radius 1 is 1.44 bits per heavy atom. The van der Waals surface area contributed by atoms with Crippen LogP contribution in [-0.4, -0.2) is 26.4 Å². The van der Waals surface area contributed by atoms with Crippen molar-refractivity contribution in [2.75, 3.05) is 6.67 Å². The molecule has 16 heavy (non-hydrogen) atoms. The average molecular weight is 217 g/mol. The van der Waals surface area contributed by atoms with Gasteiger partial charge < -0.3 is 0 Å². The van der Waals surface area contributed by atoms with Crippen LogP contribution < -0.4 is 0 Å². The topological polar surface area (TPSA) is 67.4 Å². The van der Waals surface area contributed by atoms with Crippen LogP contribution >= 0.6 is 0 Å². The molecule has 0 spiro atoms. The molecule has 0 aromatic carbocycles. The van der Waals surface area contributed by atoms with Crippen molar-refractivity contribution in [3.8, 4) is 17.5 Å². The molecule has 2 aromatic heterocycles. The summed E-state index contributed by atoms with van der Waals surface area (Å²) in [6.07, 6.45) is 6.07. The van der Waals surface area contributed by atoms with Crippen molar-refractivity contribution in [2.24, 2.45) is 0 Å². The lowest BCUT2D eigenvalue weighted by Crippen LogP contribution is -2.00. The Morgan fingerprint density at radius 3 is 2.94 bits per heavy atom. The van der Waals surface area contributed by atoms with Crippen LogP contribution in [0, 0.1) is 11.3 Å². The van der Waals surface area contributed by atoms with Crippen LogP contribution in [0.25, 0.3) is 11.4 Å². The second kappa shape index (κ2) is 4.49. The number of aryl methyl sites for hydroxylation is 1. The number of nitrogens with zero attached hydrogens (tertiary/aromatic N) is 5. The second-order valence-corrected chi connectivity index (χ2v) is 3.05. The molecule has 5 nitrogen and oxygen atoms in total. The SMILES string of the molecule is N#Cc1cn(CCF)nc1-c1cnccn1. The lowest BCUT2D eigenvalue weighted by molar-refractivity contribution is 0.427. The van der Waals surface area contributed by atoms with Gasteiger partial charge in [-0.1, -0.05) is 0 Å². The maximum atomic E-state index is 12.2. The molecule has 0 aliphatic rings. The molecule has 6 heteroatoms. The van der Waals surface area contributed by atoms with Gasteiger partial charge in [-0.3, -0.25) is 14.6 Å². The summed E-state index contributed by atoms with van der Waals surface area (Å²) in [5.74, 6) is 0. The van der Waals surface area contributed by atoms with Gasteiger partial charge in [0.25, 0.3) is 0 Å². The number of alkyl halides is 1. The summed E-state index contributed by atoms with van der Waals surface area (Å²) in [5, 5.41) is 13.0. The molecule has 0 aliphatic heterocycles. The fourth-order valence-electron chi connectivity index (χ4n) is 1.31. The van der Waals surface area contributed by atoms with E-state index in [1.807, 2.05) is 6.07 Å². The Balaban J connectivity index is 2.45. The monoisotopic (exact) mass is 217 g/mol. The van der Waals surface area contributed by atoms with E-state index < -0.39 is 6.67 Å². The van der Waals surface area contributed by atoms with Crippen molar-refractivity contribution in [1.82, 2.24) is 19.7 Å². The average Bonchev–Trinajstić information content (AvgIpc) is 2.74. The number of nitriles is 1. The van der Waals surface area contributed by atoms with E-state index in [-0.39, 0.29) is 6.54 Å². The number of halogens is 1. The molecule has 0 radical (unpaired) electrons. The van der Waals surface area contributed by atoms with Crippen molar-refractivity contribution < 1.29 is 4.39 Å². The first-order valence-corrected chi connectivity index (χ1v) is 4.65. The van der Waals surface area contributed by atoms with Gasteiger partial charge in [0.15, 0.2) is 0 Å². The van der Waals surface area contributed by atoms with Gasteiger partial charge in [0.1, 0.15) is 24.1 Å². The highest BCUT2D eigenvalue weighted by atomic mass is 19.1. The van der Waals surface area contributed by atoms with Crippen molar-refractivity contribution >= 4 is 0 Å². The molecule has 0 aliphatic carbocycles. The maximum absolute atomic E-state index is 12.2. The van der Waals surface area contributed by atoms with Crippen LogP contribution in [-0.2, 0) is 6.54 Å². The minimum Gasteiger partial charge on any atom is -0.268 e. The third-order valence-corrected chi connectivity index (χ3v) is 2.00. The summed E-state index contributed by atoms with van der Waals surface area (Å²) >= 11 is 0. The molecule has 2 rings (SSSR count). The van der Waals surface area contributed by atoms with Crippen molar-refractivity contribution in [3.05, 3.63) is 30.4 Å². The molecule has 0 atom stereocenters. The third kappa shape index (κ3) is 1.88. The van der Waals surface area contributed by atoms with Crippen LogP contribution in [0.5, 0.6) is 0 Å². The van der Waals surface area contributed by atoms with Crippen LogP contribution in [0.1, 0.15) is 5.56 Å². The van der Waals surface area contributed by atoms with E-state index in [9.17, 15) is 4.39 Å². The van der Waals surface area contributed by atoms with Gasteiger partial charge in [0.2, 0.25) is 0 Å². The van der Waals surface area contributed by atoms with Gasteiger partial charge >= 0.3 is 0 Å². The molecule has 0 saturated heterocycles. The highest BCUT2D eigenvalue weighted by Gasteiger charge is 2.11. The van der Waals surface area contributed by atoms with Gasteiger partial charge in [-0.05, 0) is 0 Å². The van der Waals surface area contributed by atoms with Gasteiger partial charge in [-0.15, -0.1) is 0 Å². The number of hydrogen-bond donors (Lipinski definition) is 0. The molecule has 0 amide bonds. The Hall–Kier alpha value is -2.29. The Morgan fingerprint density at radius 2 is 2.31 bits per heavy atom. The molecule has 0 saturated carbocycles. The fourth-order valence-corrected chi connectivity index (χ4v) is 1.31. The Bertz CT molecular complexity index is 514. The molecular formula is C10H8FN5. The predicted molar refractivity (Wildman–Crippen MR) is 53.9 cm³/mol. The van der Waals surface area contributed by atoms with E-state index in [1.165, 1.54) is 29.5 Å². The Kier molecular flexibility index (Phi) is 2.87. The predicted octanol–water partition coefficient (Wildman–Crippen LogP) is 1.18. The Labute approximate surface area is 91.2 Å². The van der Waals surface area contributed by atoms with Gasteiger partial charge in [-0.25, -0.2) is 4.39 Å². The first-order chi connectivity index (χ1) is 7.85. The summed E-state index contributed by atoms with van der Waals surface area (Å²) in [6.45, 7) is -0.388. The number of rotatable bonds is 3.